The van der Waals surface area contributed by atoms with E-state index in [4.69, 9.17) is 5.11 Å². The summed E-state index contributed by atoms with van der Waals surface area (Å²) >= 11 is 3.53. The second kappa shape index (κ2) is 6.03. The standard InChI is InChI=1S/C16H17BrN2O2/c17-14-5-6-15(13-4-2-1-3-12(13)14)18-16(21)19-8-7-11(9-19)10-20/h1-6,11,20H,7-10H2,(H,18,21). The van der Waals surface area contributed by atoms with Gasteiger partial charge in [0.25, 0.3) is 0 Å². The first kappa shape index (κ1) is 14.4. The number of likely N-dealkylation sites (tertiary alicyclic amines) is 1. The van der Waals surface area contributed by atoms with Crippen molar-refractivity contribution in [3.63, 3.8) is 0 Å². The fourth-order valence-electron chi connectivity index (χ4n) is 2.73. The number of carbonyl (C=O) groups excluding carboxylic acids is 1. The SMILES string of the molecule is O=C(Nc1ccc(Br)c2ccccc12)N1CCC(CO)C1. The number of urea groups is 1. The number of nitrogens with one attached hydrogen (secondary N) is 1. The van der Waals surface area contributed by atoms with Gasteiger partial charge in [0.05, 0.1) is 5.69 Å². The Labute approximate surface area is 131 Å². The van der Waals surface area contributed by atoms with Gasteiger partial charge < -0.3 is 15.3 Å². The number of halogens is 1. The summed E-state index contributed by atoms with van der Waals surface area (Å²) in [4.78, 5) is 14.1. The van der Waals surface area contributed by atoms with Gasteiger partial charge in [-0.15, -0.1) is 0 Å². The van der Waals surface area contributed by atoms with Gasteiger partial charge in [-0.1, -0.05) is 40.2 Å². The first-order valence-electron chi connectivity index (χ1n) is 7.03. The molecule has 0 aliphatic carbocycles. The summed E-state index contributed by atoms with van der Waals surface area (Å²) in [5.74, 6) is 0.206. The number of fused-ring (bicyclic) bond motifs is 1. The third-order valence-electron chi connectivity index (χ3n) is 3.94. The molecule has 0 aromatic heterocycles. The summed E-state index contributed by atoms with van der Waals surface area (Å²) in [5.41, 5.74) is 0.811. The first-order valence-corrected chi connectivity index (χ1v) is 7.82. The number of anilines is 1. The molecule has 3 rings (SSSR count). The van der Waals surface area contributed by atoms with Crippen LogP contribution in [0.5, 0.6) is 0 Å². The van der Waals surface area contributed by atoms with Crippen LogP contribution in [0, 0.1) is 5.92 Å². The summed E-state index contributed by atoms with van der Waals surface area (Å²) in [6.45, 7) is 1.47. The summed E-state index contributed by atoms with van der Waals surface area (Å²) < 4.78 is 1.01. The normalized spacial score (nSPS) is 18.2. The van der Waals surface area contributed by atoms with Crippen LogP contribution >= 0.6 is 15.9 Å². The van der Waals surface area contributed by atoms with Gasteiger partial charge in [0.15, 0.2) is 0 Å². The maximum atomic E-state index is 12.3. The molecule has 2 aromatic rings. The van der Waals surface area contributed by atoms with Crippen molar-refractivity contribution in [2.24, 2.45) is 5.92 Å². The van der Waals surface area contributed by atoms with Crippen LogP contribution in [0.4, 0.5) is 10.5 Å². The molecular weight excluding hydrogens is 332 g/mol. The van der Waals surface area contributed by atoms with E-state index in [1.165, 1.54) is 0 Å². The van der Waals surface area contributed by atoms with Gasteiger partial charge in [-0.05, 0) is 23.9 Å². The number of rotatable bonds is 2. The van der Waals surface area contributed by atoms with Crippen LogP contribution in [-0.4, -0.2) is 35.7 Å². The number of aliphatic hydroxyl groups excluding tert-OH is 1. The monoisotopic (exact) mass is 348 g/mol. The van der Waals surface area contributed by atoms with Gasteiger partial charge in [0, 0.05) is 35.5 Å². The predicted molar refractivity (Wildman–Crippen MR) is 87.4 cm³/mol. The third kappa shape index (κ3) is 2.89. The molecule has 0 radical (unpaired) electrons. The average Bonchev–Trinajstić information content (AvgIpc) is 2.99. The van der Waals surface area contributed by atoms with Crippen molar-refractivity contribution in [3.05, 3.63) is 40.9 Å². The quantitative estimate of drug-likeness (QED) is 0.873. The largest absolute Gasteiger partial charge is 0.396 e. The number of nitrogens with zero attached hydrogens (tertiary/aromatic N) is 1. The molecule has 0 bridgehead atoms. The minimum Gasteiger partial charge on any atom is -0.396 e. The number of hydrogen-bond donors (Lipinski definition) is 2. The average molecular weight is 349 g/mol. The van der Waals surface area contributed by atoms with E-state index in [2.05, 4.69) is 21.2 Å². The van der Waals surface area contributed by atoms with E-state index in [9.17, 15) is 4.79 Å². The van der Waals surface area contributed by atoms with Crippen LogP contribution in [0.2, 0.25) is 0 Å². The van der Waals surface area contributed by atoms with Gasteiger partial charge in [-0.25, -0.2) is 4.79 Å². The van der Waals surface area contributed by atoms with Crippen molar-refractivity contribution in [2.45, 2.75) is 6.42 Å². The lowest BCUT2D eigenvalue weighted by atomic mass is 10.1. The Morgan fingerprint density at radius 1 is 1.29 bits per heavy atom. The third-order valence-corrected chi connectivity index (χ3v) is 4.64. The maximum absolute atomic E-state index is 12.3. The van der Waals surface area contributed by atoms with Crippen LogP contribution in [0.1, 0.15) is 6.42 Å². The minimum atomic E-state index is -0.0987. The number of aliphatic hydroxyl groups is 1. The molecule has 1 saturated heterocycles. The Morgan fingerprint density at radius 3 is 2.76 bits per heavy atom. The summed E-state index contributed by atoms with van der Waals surface area (Å²) in [7, 11) is 0. The summed E-state index contributed by atoms with van der Waals surface area (Å²) in [6.07, 6.45) is 0.866. The fourth-order valence-corrected chi connectivity index (χ4v) is 3.21. The molecule has 2 aromatic carbocycles. The molecule has 1 aliphatic rings. The minimum absolute atomic E-state index is 0.0987. The zero-order chi connectivity index (χ0) is 14.8. The van der Waals surface area contributed by atoms with E-state index >= 15 is 0 Å². The molecule has 4 nitrogen and oxygen atoms in total. The molecule has 0 spiro atoms. The highest BCUT2D eigenvalue weighted by molar-refractivity contribution is 9.10. The molecule has 1 unspecified atom stereocenters. The first-order chi connectivity index (χ1) is 10.2. The number of amides is 2. The Hall–Kier alpha value is -1.59. The fraction of sp³-hybridized carbons (Fsp3) is 0.312. The van der Waals surface area contributed by atoms with Gasteiger partial charge in [-0.2, -0.15) is 0 Å². The van der Waals surface area contributed by atoms with Crippen molar-refractivity contribution in [1.82, 2.24) is 4.90 Å². The Bertz CT molecular complexity index is 674. The van der Waals surface area contributed by atoms with Gasteiger partial charge in [-0.3, -0.25) is 0 Å². The number of carbonyl (C=O) groups is 1. The Kier molecular flexibility index (Phi) is 4.12. The van der Waals surface area contributed by atoms with Crippen molar-refractivity contribution in [1.29, 1.82) is 0 Å². The molecule has 2 amide bonds. The van der Waals surface area contributed by atoms with Crippen molar-refractivity contribution < 1.29 is 9.90 Å². The van der Waals surface area contributed by atoms with Crippen LogP contribution < -0.4 is 5.32 Å². The lowest BCUT2D eigenvalue weighted by molar-refractivity contribution is 0.209. The second-order valence-electron chi connectivity index (χ2n) is 5.35. The lowest BCUT2D eigenvalue weighted by Gasteiger charge is -2.18. The summed E-state index contributed by atoms with van der Waals surface area (Å²) in [5, 5.41) is 14.2. The number of hydrogen-bond acceptors (Lipinski definition) is 2. The van der Waals surface area contributed by atoms with E-state index in [0.29, 0.717) is 13.1 Å². The smallest absolute Gasteiger partial charge is 0.321 e. The molecule has 2 N–H and O–H groups in total. The molecule has 5 heteroatoms. The molecular formula is C16H17BrN2O2. The zero-order valence-electron chi connectivity index (χ0n) is 11.6. The topological polar surface area (TPSA) is 52.6 Å². The highest BCUT2D eigenvalue weighted by atomic mass is 79.9. The van der Waals surface area contributed by atoms with E-state index in [1.807, 2.05) is 36.4 Å². The molecule has 0 saturated carbocycles. The molecule has 21 heavy (non-hydrogen) atoms. The van der Waals surface area contributed by atoms with E-state index in [0.717, 1.165) is 27.4 Å². The van der Waals surface area contributed by atoms with Crippen LogP contribution in [0.25, 0.3) is 10.8 Å². The van der Waals surface area contributed by atoms with Crippen LogP contribution in [0.3, 0.4) is 0 Å². The molecule has 110 valence electrons. The molecule has 1 atom stereocenters. The lowest BCUT2D eigenvalue weighted by Crippen LogP contribution is -2.33. The maximum Gasteiger partial charge on any atom is 0.321 e. The van der Waals surface area contributed by atoms with Crippen molar-refractivity contribution in [3.8, 4) is 0 Å². The molecule has 1 heterocycles. The highest BCUT2D eigenvalue weighted by Gasteiger charge is 2.25. The van der Waals surface area contributed by atoms with Gasteiger partial charge in [0.2, 0.25) is 0 Å². The van der Waals surface area contributed by atoms with Crippen molar-refractivity contribution >= 4 is 38.4 Å². The molecule has 1 aliphatic heterocycles. The van der Waals surface area contributed by atoms with Crippen molar-refractivity contribution in [2.75, 3.05) is 25.0 Å². The second-order valence-corrected chi connectivity index (χ2v) is 6.21. The Morgan fingerprint density at radius 2 is 2.05 bits per heavy atom. The summed E-state index contributed by atoms with van der Waals surface area (Å²) in [6, 6.07) is 11.7. The van der Waals surface area contributed by atoms with E-state index in [-0.39, 0.29) is 18.6 Å². The van der Waals surface area contributed by atoms with E-state index < -0.39 is 0 Å². The van der Waals surface area contributed by atoms with Gasteiger partial charge in [0.1, 0.15) is 0 Å². The highest BCUT2D eigenvalue weighted by Crippen LogP contribution is 2.30. The van der Waals surface area contributed by atoms with Crippen LogP contribution in [-0.2, 0) is 0 Å². The predicted octanol–water partition coefficient (Wildman–Crippen LogP) is 3.45. The molecule has 1 fully saturated rings. The van der Waals surface area contributed by atoms with Gasteiger partial charge >= 0.3 is 6.03 Å². The van der Waals surface area contributed by atoms with Crippen LogP contribution in [0.15, 0.2) is 40.9 Å². The van der Waals surface area contributed by atoms with E-state index in [1.54, 1.807) is 4.90 Å². The Balaban J connectivity index is 1.82. The zero-order valence-corrected chi connectivity index (χ0v) is 13.1. The number of benzene rings is 2.